The number of rotatable bonds is 7. The van der Waals surface area contributed by atoms with E-state index in [1.54, 1.807) is 6.26 Å². The van der Waals surface area contributed by atoms with Gasteiger partial charge in [-0.3, -0.25) is 4.57 Å². The number of hydrogen-bond acceptors (Lipinski definition) is 6. The molecule has 1 atom stereocenters. The second-order valence-electron chi connectivity index (χ2n) is 8.04. The highest BCUT2D eigenvalue weighted by molar-refractivity contribution is 8.00. The molecule has 1 aliphatic rings. The van der Waals surface area contributed by atoms with Crippen molar-refractivity contribution in [2.75, 3.05) is 18.0 Å². The SMILES string of the molecule is Cc1ccc(CC(C#N)Sc2nnc(N3CCC(C)CC3)n2Cc2ccco2)cc1. The molecule has 6 nitrogen and oxygen atoms in total. The normalized spacial score (nSPS) is 15.8. The lowest BCUT2D eigenvalue weighted by Crippen LogP contribution is -2.35. The molecule has 0 bridgehead atoms. The average Bonchev–Trinajstić information content (AvgIpc) is 3.41. The van der Waals surface area contributed by atoms with Crippen molar-refractivity contribution in [3.63, 3.8) is 0 Å². The van der Waals surface area contributed by atoms with Gasteiger partial charge in [0.15, 0.2) is 5.16 Å². The monoisotopic (exact) mass is 421 g/mol. The van der Waals surface area contributed by atoms with E-state index in [9.17, 15) is 5.26 Å². The first-order valence-electron chi connectivity index (χ1n) is 10.4. The fourth-order valence-electron chi connectivity index (χ4n) is 3.69. The maximum absolute atomic E-state index is 9.78. The van der Waals surface area contributed by atoms with Gasteiger partial charge in [-0.15, -0.1) is 10.2 Å². The molecule has 0 aliphatic carbocycles. The third-order valence-electron chi connectivity index (χ3n) is 5.59. The van der Waals surface area contributed by atoms with E-state index in [0.29, 0.717) is 13.0 Å². The van der Waals surface area contributed by atoms with Crippen LogP contribution in [0.2, 0.25) is 0 Å². The third-order valence-corrected chi connectivity index (χ3v) is 6.66. The van der Waals surface area contributed by atoms with Crippen molar-refractivity contribution in [2.45, 2.75) is 50.1 Å². The number of hydrogen-bond donors (Lipinski definition) is 0. The second kappa shape index (κ2) is 9.40. The summed E-state index contributed by atoms with van der Waals surface area (Å²) in [5.74, 6) is 2.47. The summed E-state index contributed by atoms with van der Waals surface area (Å²) in [4.78, 5) is 2.31. The molecule has 30 heavy (non-hydrogen) atoms. The van der Waals surface area contributed by atoms with Crippen LogP contribution in [-0.4, -0.2) is 33.1 Å². The largest absolute Gasteiger partial charge is 0.467 e. The van der Waals surface area contributed by atoms with Gasteiger partial charge in [-0.25, -0.2) is 0 Å². The summed E-state index contributed by atoms with van der Waals surface area (Å²) in [7, 11) is 0. The summed E-state index contributed by atoms with van der Waals surface area (Å²) in [6, 6.07) is 14.7. The fraction of sp³-hybridized carbons (Fsp3) is 0.435. The number of anilines is 1. The summed E-state index contributed by atoms with van der Waals surface area (Å²) in [5.41, 5.74) is 2.38. The Morgan fingerprint density at radius 1 is 1.20 bits per heavy atom. The topological polar surface area (TPSA) is 70.9 Å². The summed E-state index contributed by atoms with van der Waals surface area (Å²) in [6.07, 6.45) is 4.67. The van der Waals surface area contributed by atoms with Crippen LogP contribution >= 0.6 is 11.8 Å². The number of nitriles is 1. The molecule has 1 aromatic carbocycles. The van der Waals surface area contributed by atoms with Gasteiger partial charge in [-0.1, -0.05) is 48.5 Å². The van der Waals surface area contributed by atoms with Gasteiger partial charge in [0.2, 0.25) is 5.95 Å². The van der Waals surface area contributed by atoms with Crippen molar-refractivity contribution in [3.8, 4) is 6.07 Å². The van der Waals surface area contributed by atoms with E-state index >= 15 is 0 Å². The number of nitrogens with zero attached hydrogens (tertiary/aromatic N) is 5. The standard InChI is InChI=1S/C23H27N5OS/c1-17-5-7-19(8-6-17)14-21(15-24)30-23-26-25-22(27-11-9-18(2)10-12-27)28(23)16-20-4-3-13-29-20/h3-8,13,18,21H,9-12,14,16H2,1-2H3. The van der Waals surface area contributed by atoms with Gasteiger partial charge in [0, 0.05) is 13.1 Å². The van der Waals surface area contributed by atoms with Crippen LogP contribution in [0.3, 0.4) is 0 Å². The Balaban J connectivity index is 1.56. The molecular weight excluding hydrogens is 394 g/mol. The van der Waals surface area contributed by atoms with Crippen LogP contribution in [0.4, 0.5) is 5.95 Å². The van der Waals surface area contributed by atoms with Crippen LogP contribution in [0, 0.1) is 24.2 Å². The van der Waals surface area contributed by atoms with Crippen molar-refractivity contribution >= 4 is 17.7 Å². The zero-order chi connectivity index (χ0) is 20.9. The Bertz CT molecular complexity index is 982. The Morgan fingerprint density at radius 3 is 2.63 bits per heavy atom. The molecule has 2 aromatic heterocycles. The molecule has 3 aromatic rings. The van der Waals surface area contributed by atoms with E-state index in [2.05, 4.69) is 63.8 Å². The summed E-state index contributed by atoms with van der Waals surface area (Å²) >= 11 is 1.48. The van der Waals surface area contributed by atoms with Gasteiger partial charge in [0.25, 0.3) is 0 Å². The van der Waals surface area contributed by atoms with Crippen molar-refractivity contribution in [2.24, 2.45) is 5.92 Å². The minimum atomic E-state index is -0.235. The predicted molar refractivity (Wildman–Crippen MR) is 119 cm³/mol. The smallest absolute Gasteiger partial charge is 0.228 e. The maximum atomic E-state index is 9.78. The molecule has 3 heterocycles. The quantitative estimate of drug-likeness (QED) is 0.515. The van der Waals surface area contributed by atoms with E-state index < -0.39 is 0 Å². The van der Waals surface area contributed by atoms with E-state index in [1.807, 2.05) is 12.1 Å². The average molecular weight is 422 g/mol. The molecule has 0 amide bonds. The van der Waals surface area contributed by atoms with Crippen LogP contribution in [0.15, 0.2) is 52.2 Å². The lowest BCUT2D eigenvalue weighted by Gasteiger charge is -2.31. The van der Waals surface area contributed by atoms with Crippen LogP contribution in [0.5, 0.6) is 0 Å². The lowest BCUT2D eigenvalue weighted by molar-refractivity contribution is 0.427. The highest BCUT2D eigenvalue weighted by Gasteiger charge is 2.25. The molecular formula is C23H27N5OS. The van der Waals surface area contributed by atoms with Crippen molar-refractivity contribution in [1.82, 2.24) is 14.8 Å². The Morgan fingerprint density at radius 2 is 1.97 bits per heavy atom. The number of aromatic nitrogens is 3. The Kier molecular flexibility index (Phi) is 6.44. The first-order valence-corrected chi connectivity index (χ1v) is 11.3. The van der Waals surface area contributed by atoms with Gasteiger partial charge in [-0.05, 0) is 49.8 Å². The zero-order valence-corrected chi connectivity index (χ0v) is 18.3. The maximum Gasteiger partial charge on any atom is 0.228 e. The van der Waals surface area contributed by atoms with Crippen LogP contribution < -0.4 is 4.90 Å². The number of piperidine rings is 1. The molecule has 0 N–H and O–H groups in total. The lowest BCUT2D eigenvalue weighted by atomic mass is 10.00. The molecule has 1 saturated heterocycles. The fourth-order valence-corrected chi connectivity index (χ4v) is 4.63. The van der Waals surface area contributed by atoms with Gasteiger partial charge in [0.1, 0.15) is 11.0 Å². The third kappa shape index (κ3) is 4.88. The second-order valence-corrected chi connectivity index (χ2v) is 9.21. The zero-order valence-electron chi connectivity index (χ0n) is 17.5. The van der Waals surface area contributed by atoms with Gasteiger partial charge < -0.3 is 9.32 Å². The molecule has 1 fully saturated rings. The van der Waals surface area contributed by atoms with Crippen LogP contribution in [0.1, 0.15) is 36.7 Å². The summed E-state index contributed by atoms with van der Waals surface area (Å²) < 4.78 is 7.69. The minimum Gasteiger partial charge on any atom is -0.467 e. The first kappa shape index (κ1) is 20.5. The highest BCUT2D eigenvalue weighted by Crippen LogP contribution is 2.30. The molecule has 1 unspecified atom stereocenters. The van der Waals surface area contributed by atoms with Crippen molar-refractivity contribution in [3.05, 3.63) is 59.5 Å². The van der Waals surface area contributed by atoms with E-state index in [1.165, 1.54) is 17.3 Å². The number of aryl methyl sites for hydroxylation is 1. The van der Waals surface area contributed by atoms with Crippen LogP contribution in [-0.2, 0) is 13.0 Å². The van der Waals surface area contributed by atoms with E-state index in [0.717, 1.165) is 54.3 Å². The molecule has 7 heteroatoms. The van der Waals surface area contributed by atoms with Gasteiger partial charge in [-0.2, -0.15) is 5.26 Å². The van der Waals surface area contributed by atoms with E-state index in [-0.39, 0.29) is 5.25 Å². The minimum absolute atomic E-state index is 0.235. The van der Waals surface area contributed by atoms with Crippen molar-refractivity contribution < 1.29 is 4.42 Å². The van der Waals surface area contributed by atoms with E-state index in [4.69, 9.17) is 4.42 Å². The first-order chi connectivity index (χ1) is 14.6. The summed E-state index contributed by atoms with van der Waals surface area (Å²) in [5, 5.41) is 19.3. The Labute approximate surface area is 181 Å². The summed E-state index contributed by atoms with van der Waals surface area (Å²) in [6.45, 7) is 6.89. The highest BCUT2D eigenvalue weighted by atomic mass is 32.2. The van der Waals surface area contributed by atoms with Gasteiger partial charge in [0.05, 0.1) is 18.9 Å². The number of thioether (sulfide) groups is 1. The Hall–Kier alpha value is -2.72. The molecule has 0 saturated carbocycles. The van der Waals surface area contributed by atoms with Crippen LogP contribution in [0.25, 0.3) is 0 Å². The molecule has 1 aliphatic heterocycles. The number of furan rings is 1. The van der Waals surface area contributed by atoms with Crippen molar-refractivity contribution in [1.29, 1.82) is 5.26 Å². The molecule has 0 spiro atoms. The van der Waals surface area contributed by atoms with Gasteiger partial charge >= 0.3 is 0 Å². The molecule has 156 valence electrons. The number of benzene rings is 1. The predicted octanol–water partition coefficient (Wildman–Crippen LogP) is 4.69. The molecule has 0 radical (unpaired) electrons. The molecule has 4 rings (SSSR count).